The summed E-state index contributed by atoms with van der Waals surface area (Å²) in [6, 6.07) is 72.2. The van der Waals surface area contributed by atoms with Gasteiger partial charge in [0.1, 0.15) is 5.82 Å². The monoisotopic (exact) mass is 1090 g/mol. The van der Waals surface area contributed by atoms with Gasteiger partial charge in [0.25, 0.3) is 6.71 Å². The molecule has 0 fully saturated rings. The summed E-state index contributed by atoms with van der Waals surface area (Å²) in [6.45, 7) is -1.25. The Labute approximate surface area is 433 Å². The van der Waals surface area contributed by atoms with Crippen LogP contribution in [0.25, 0.3) is 0 Å². The number of pyridine rings is 1. The average Bonchev–Trinajstić information content (AvgIpc) is 4.00. The summed E-state index contributed by atoms with van der Waals surface area (Å²) in [4.78, 5) is 15.2. The van der Waals surface area contributed by atoms with Gasteiger partial charge in [0.2, 0.25) is 0 Å². The minimum atomic E-state index is -2.84. The summed E-state index contributed by atoms with van der Waals surface area (Å²) >= 11 is 0. The molecule has 338 valence electrons. The molecule has 0 radical (unpaired) electrons. The van der Waals surface area contributed by atoms with Crippen LogP contribution in [0, 0.1) is 25.7 Å². The zero-order chi connectivity index (χ0) is 51.8. The first-order valence-electron chi connectivity index (χ1n) is 26.2. The van der Waals surface area contributed by atoms with Crippen molar-refractivity contribution in [3.8, 4) is 11.5 Å². The fourth-order valence-electron chi connectivity index (χ4n) is 9.89. The Balaban J connectivity index is 0.00000596. The molecule has 4 heterocycles. The molecule has 0 saturated heterocycles. The van der Waals surface area contributed by atoms with Crippen LogP contribution in [0.3, 0.4) is 0 Å². The summed E-state index contributed by atoms with van der Waals surface area (Å²) in [6.07, 6.45) is 1.79. The average molecular weight is 1090 g/mol. The predicted molar refractivity (Wildman–Crippen MR) is 283 cm³/mol. The van der Waals surface area contributed by atoms with Crippen molar-refractivity contribution in [1.82, 2.24) is 4.98 Å². The van der Waals surface area contributed by atoms with Crippen LogP contribution in [0.4, 0.5) is 74.1 Å². The van der Waals surface area contributed by atoms with Crippen molar-refractivity contribution < 1.29 is 35.4 Å². The fraction of sp³-hybridized carbons (Fsp3) is 0.0164. The van der Waals surface area contributed by atoms with Gasteiger partial charge in [-0.1, -0.05) is 114 Å². The van der Waals surface area contributed by atoms with Gasteiger partial charge in [0.05, 0.1) is 5.48 Å². The molecule has 9 heteroatoms. The van der Waals surface area contributed by atoms with Gasteiger partial charge in [-0.15, -0.1) is 48.8 Å². The quantitative estimate of drug-likeness (QED) is 0.105. The third-order valence-electron chi connectivity index (χ3n) is 12.7. The summed E-state index contributed by atoms with van der Waals surface area (Å²) in [5.74, 6) is 1.46. The molecular weight excluding hydrogens is 1040 g/mol. The molecule has 3 aliphatic heterocycles. The molecule has 7 nitrogen and oxygen atoms in total. The number of nitrogens with zero attached hydrogens (tertiary/aromatic N) is 6. The van der Waals surface area contributed by atoms with E-state index in [0.717, 1.165) is 39.8 Å². The van der Waals surface area contributed by atoms with Gasteiger partial charge >= 0.3 is 0 Å². The maximum Gasteiger partial charge on any atom is 0.252 e. The van der Waals surface area contributed by atoms with E-state index >= 15 is 0 Å². The first kappa shape index (κ1) is 35.8. The molecule has 0 amide bonds. The van der Waals surface area contributed by atoms with Crippen LogP contribution < -0.4 is 45.6 Å². The normalized spacial score (nSPS) is 14.5. The van der Waals surface area contributed by atoms with Crippen LogP contribution >= 0.6 is 0 Å². The Hall–Kier alpha value is -8.32. The maximum absolute atomic E-state index is 8.90. The van der Waals surface area contributed by atoms with E-state index in [4.69, 9.17) is 19.3 Å². The molecule has 70 heavy (non-hydrogen) atoms. The molecule has 13 rings (SSSR count). The number of anilines is 13. The van der Waals surface area contributed by atoms with E-state index in [0.29, 0.717) is 40.1 Å². The van der Waals surface area contributed by atoms with Crippen molar-refractivity contribution in [2.24, 2.45) is 0 Å². The van der Waals surface area contributed by atoms with E-state index in [1.807, 2.05) is 83.8 Å². The number of aromatic nitrogens is 1. The summed E-state index contributed by atoms with van der Waals surface area (Å²) in [5, 5.41) is 0. The molecule has 0 N–H and O–H groups in total. The number of ether oxygens (including phenoxy) is 1. The van der Waals surface area contributed by atoms with Crippen LogP contribution in [0.15, 0.2) is 231 Å². The number of hydrogen-bond donors (Lipinski definition) is 0. The number of hydrogen-bond acceptors (Lipinski definition) is 7. The van der Waals surface area contributed by atoms with Crippen molar-refractivity contribution in [2.45, 2.75) is 6.85 Å². The third kappa shape index (κ3) is 7.40. The zero-order valence-corrected chi connectivity index (χ0v) is 39.5. The molecule has 0 atom stereocenters. The summed E-state index contributed by atoms with van der Waals surface area (Å²) in [7, 11) is 0. The number of benzene rings is 9. The molecule has 0 unspecified atom stereocenters. The second kappa shape index (κ2) is 18.0. The standard InChI is InChI=1S/C61H42BN6O.Pt/c1-43-33-35-44(36-34-43)64-42-65(57-31-13-12-30-56(57)64)47-22-16-24-50(38-47)69-51-25-17-23-48(39-51)66(60-32-14-15-37-63-60)49-40-58-61-59(41-49)68(46-20-6-3-7-21-46)55-29-11-9-27-53(55)62(61)52-26-8-10-28-54(52)67(58)45-18-4-2-5-19-45;/h2-37,40-42H,1H3;/q-3;/i1D3,33D,34D,35D,36D;. The number of rotatable bonds is 9. The molecule has 9 aromatic carbocycles. The SMILES string of the molecule is [2H]c1c([2H])c(C([2H])([2H])[2H])c([2H])c([2H])c1N1[CH-]N(c2[c-]c(Oc3[c-]c(N(c4cc5c6c(c4)N(c4ccccc4)c4ccccc4B6c4ccccc4N5c4ccccc4)c4ccccn4)ccc3)ccc2)c2ccccc21.[Pt]. The van der Waals surface area contributed by atoms with Gasteiger partial charge in [0.15, 0.2) is 0 Å². The first-order chi connectivity index (χ1) is 37.0. The van der Waals surface area contributed by atoms with Crippen molar-refractivity contribution in [1.29, 1.82) is 0 Å². The number of para-hydroxylation sites is 6. The van der Waals surface area contributed by atoms with Crippen LogP contribution in [0.2, 0.25) is 0 Å². The molecule has 3 aliphatic rings. The van der Waals surface area contributed by atoms with E-state index in [1.54, 1.807) is 29.9 Å². The smallest absolute Gasteiger partial charge is 0.252 e. The van der Waals surface area contributed by atoms with Crippen molar-refractivity contribution in [3.05, 3.63) is 255 Å². The van der Waals surface area contributed by atoms with Gasteiger partial charge in [0, 0.05) is 99.7 Å². The summed E-state index contributed by atoms with van der Waals surface area (Å²) in [5.41, 5.74) is 12.5. The number of fused-ring (bicyclic) bond motifs is 5. The Morgan fingerprint density at radius 3 is 1.71 bits per heavy atom. The van der Waals surface area contributed by atoms with Crippen LogP contribution in [-0.2, 0) is 21.1 Å². The molecule has 0 bridgehead atoms. The van der Waals surface area contributed by atoms with Crippen molar-refractivity contribution in [3.63, 3.8) is 0 Å². The zero-order valence-electron chi connectivity index (χ0n) is 44.2. The predicted octanol–water partition coefficient (Wildman–Crippen LogP) is 13.7. The van der Waals surface area contributed by atoms with Crippen molar-refractivity contribution >= 4 is 97.2 Å². The van der Waals surface area contributed by atoms with Gasteiger partial charge in [-0.2, -0.15) is 12.1 Å². The van der Waals surface area contributed by atoms with Crippen molar-refractivity contribution in [2.75, 3.05) is 24.5 Å². The Bertz CT molecular complexity index is 3760. The first-order valence-corrected chi connectivity index (χ1v) is 22.7. The second-order valence-corrected chi connectivity index (χ2v) is 16.8. The van der Waals surface area contributed by atoms with Gasteiger partial charge in [-0.3, -0.25) is 0 Å². The van der Waals surface area contributed by atoms with Crippen LogP contribution in [-0.4, -0.2) is 11.7 Å². The molecule has 0 aliphatic carbocycles. The Kier molecular flexibility index (Phi) is 9.18. The maximum atomic E-state index is 8.90. The van der Waals surface area contributed by atoms with E-state index in [9.17, 15) is 0 Å². The van der Waals surface area contributed by atoms with E-state index < -0.39 is 36.6 Å². The van der Waals surface area contributed by atoms with E-state index in [2.05, 4.69) is 136 Å². The molecule has 1 aromatic heterocycles. The summed E-state index contributed by atoms with van der Waals surface area (Å²) < 4.78 is 65.5. The van der Waals surface area contributed by atoms with Gasteiger partial charge in [-0.25, -0.2) is 4.98 Å². The van der Waals surface area contributed by atoms with E-state index in [1.165, 1.54) is 16.4 Å². The second-order valence-electron chi connectivity index (χ2n) is 16.8. The largest absolute Gasteiger partial charge is 0.509 e. The van der Waals surface area contributed by atoms with Crippen LogP contribution in [0.1, 0.15) is 15.2 Å². The Morgan fingerprint density at radius 2 is 1.10 bits per heavy atom. The topological polar surface area (TPSA) is 38.3 Å². The molecule has 10 aromatic rings. The van der Waals surface area contributed by atoms with Gasteiger partial charge < -0.3 is 29.2 Å². The fourth-order valence-corrected chi connectivity index (χ4v) is 9.89. The third-order valence-corrected chi connectivity index (χ3v) is 12.7. The van der Waals surface area contributed by atoms with Gasteiger partial charge in [-0.05, 0) is 108 Å². The Morgan fingerprint density at radius 1 is 0.543 bits per heavy atom. The minimum Gasteiger partial charge on any atom is -0.509 e. The molecule has 0 spiro atoms. The molecular formula is C61H42BN6OPt-3. The van der Waals surface area contributed by atoms with Crippen LogP contribution in [0.5, 0.6) is 11.5 Å². The van der Waals surface area contributed by atoms with E-state index in [-0.39, 0.29) is 33.5 Å². The minimum absolute atomic E-state index is 0. The molecule has 0 saturated carbocycles.